The SMILES string of the molecule is CC.CC.CC.CC.CCCC.Cc1ccc(C)c(C)n1.Cc1ccnc(C)c1C.Cc1ccnnc1C.Cc1nc(C)c(C)c(C)n1.Cc1nccnc1C.[3HH].[U].[V].[W]. The zero-order valence-corrected chi connectivity index (χ0v) is 50.5. The van der Waals surface area contributed by atoms with E-state index in [1.54, 1.807) is 18.6 Å². The van der Waals surface area contributed by atoms with Crippen LogP contribution in [0.5, 0.6) is 0 Å². The van der Waals surface area contributed by atoms with Crippen molar-refractivity contribution < 1.29 is 72.2 Å². The van der Waals surface area contributed by atoms with Gasteiger partial charge in [-0.1, -0.05) is 88.1 Å². The van der Waals surface area contributed by atoms with E-state index < -0.39 is 0 Å². The Balaban J connectivity index is -0.0000000716. The average Bonchev–Trinajstić information content (AvgIpc) is 3.21. The van der Waals surface area contributed by atoms with E-state index >= 15 is 0 Å². The Morgan fingerprint density at radius 3 is 1.08 bits per heavy atom. The van der Waals surface area contributed by atoms with Crippen LogP contribution in [-0.4, -0.2) is 40.1 Å². The number of hydrogen-bond acceptors (Lipinski definition) is 8. The van der Waals surface area contributed by atoms with Crippen LogP contribution in [0, 0.1) is 128 Å². The molecule has 0 unspecified atom stereocenters. The van der Waals surface area contributed by atoms with Gasteiger partial charge in [-0.25, -0.2) is 9.97 Å². The maximum absolute atomic E-state index is 4.27. The molecule has 0 aliphatic carbocycles. The maximum Gasteiger partial charge on any atom is 0.125 e. The molecule has 5 heterocycles. The molecule has 0 saturated heterocycles. The van der Waals surface area contributed by atoms with Crippen LogP contribution < -0.4 is 0 Å². The van der Waals surface area contributed by atoms with Crippen molar-refractivity contribution in [2.24, 2.45) is 0 Å². The maximum atomic E-state index is 4.27. The molecule has 0 aliphatic rings. The van der Waals surface area contributed by atoms with Gasteiger partial charge >= 0.3 is 0 Å². The van der Waals surface area contributed by atoms with Crippen LogP contribution >= 0.6 is 0 Å². The van der Waals surface area contributed by atoms with Crippen LogP contribution in [0.15, 0.2) is 49.1 Å². The molecule has 0 saturated carbocycles. The van der Waals surface area contributed by atoms with E-state index in [4.69, 9.17) is 0 Å². The van der Waals surface area contributed by atoms with Gasteiger partial charge in [-0.2, -0.15) is 10.2 Å². The van der Waals surface area contributed by atoms with Crippen LogP contribution in [0.25, 0.3) is 0 Å². The van der Waals surface area contributed by atoms with Gasteiger partial charge in [0.05, 0.1) is 17.1 Å². The quantitative estimate of drug-likeness (QED) is 0.164. The molecule has 5 aromatic rings. The normalized spacial score (nSPS) is 8.07. The molecule has 0 amide bonds. The summed E-state index contributed by atoms with van der Waals surface area (Å²) >= 11 is 0. The van der Waals surface area contributed by atoms with Gasteiger partial charge in [0.1, 0.15) is 5.82 Å². The Hall–Kier alpha value is -2.14. The van der Waals surface area contributed by atoms with Gasteiger partial charge in [0.2, 0.25) is 0 Å². The van der Waals surface area contributed by atoms with E-state index in [0.29, 0.717) is 0 Å². The number of aromatic nitrogens is 8. The predicted octanol–water partition coefficient (Wildman–Crippen LogP) is 14.1. The smallest absolute Gasteiger partial charge is 0.125 e. The molecule has 1 radical (unpaired) electrons. The Kier molecular flexibility index (Phi) is 63.3. The first-order valence-electron chi connectivity index (χ1n) is 20.6. The molecule has 0 aliphatic heterocycles. The van der Waals surface area contributed by atoms with Gasteiger partial charge in [-0.3, -0.25) is 19.9 Å². The molecule has 0 bridgehead atoms. The average molecular weight is 1250 g/mol. The van der Waals surface area contributed by atoms with E-state index in [-0.39, 0.29) is 72.2 Å². The second kappa shape index (κ2) is 50.2. The monoisotopic (exact) mass is 1250 g/mol. The second-order valence-electron chi connectivity index (χ2n) is 11.8. The third-order valence-electron chi connectivity index (χ3n) is 7.76. The summed E-state index contributed by atoms with van der Waals surface area (Å²) in [6.45, 7) is 48.5. The van der Waals surface area contributed by atoms with Crippen molar-refractivity contribution in [2.45, 2.75) is 179 Å². The topological polar surface area (TPSA) is 103 Å². The minimum absolute atomic E-state index is 0. The molecule has 8 nitrogen and oxygen atoms in total. The van der Waals surface area contributed by atoms with Gasteiger partial charge < -0.3 is 0 Å². The molecule has 5 rings (SSSR count). The number of aryl methyl sites for hydroxylation is 12. The van der Waals surface area contributed by atoms with E-state index in [1.165, 1.54) is 40.7 Å². The molecule has 0 aromatic carbocycles. The fraction of sp³-hybridized carbons (Fsp3) is 0.542. The van der Waals surface area contributed by atoms with Crippen molar-refractivity contribution >= 4 is 0 Å². The van der Waals surface area contributed by atoms with Crippen molar-refractivity contribution in [3.8, 4) is 0 Å². The molecule has 11 heteroatoms. The molecule has 333 valence electrons. The third-order valence-corrected chi connectivity index (χ3v) is 7.76. The first-order valence-corrected chi connectivity index (χ1v) is 20.6. The number of nitrogens with zero attached hydrogens (tertiary/aromatic N) is 8. The van der Waals surface area contributed by atoms with Gasteiger partial charge in [0, 0.05) is 125 Å². The summed E-state index contributed by atoms with van der Waals surface area (Å²) < 4.78 is 0. The van der Waals surface area contributed by atoms with Crippen molar-refractivity contribution in [3.05, 3.63) is 128 Å². The summed E-state index contributed by atoms with van der Waals surface area (Å²) in [5, 5.41) is 7.52. The Morgan fingerprint density at radius 2 is 0.797 bits per heavy atom. The number of hydrogen-bond donors (Lipinski definition) is 0. The first kappa shape index (κ1) is 74.3. The zero-order chi connectivity index (χ0) is 44.8. The van der Waals surface area contributed by atoms with Crippen molar-refractivity contribution in [2.75, 3.05) is 0 Å². The van der Waals surface area contributed by atoms with E-state index in [2.05, 4.69) is 80.8 Å². The van der Waals surface area contributed by atoms with E-state index in [1.807, 2.05) is 156 Å². The molecule has 59 heavy (non-hydrogen) atoms. The summed E-state index contributed by atoms with van der Waals surface area (Å²) in [7, 11) is 0. The second-order valence-corrected chi connectivity index (χ2v) is 11.8. The van der Waals surface area contributed by atoms with E-state index in [0.717, 1.165) is 51.4 Å². The molecule has 0 fully saturated rings. The molecule has 5 aromatic heterocycles. The van der Waals surface area contributed by atoms with Crippen molar-refractivity contribution in [1.82, 2.24) is 40.1 Å². The van der Waals surface area contributed by atoms with Gasteiger partial charge in [0.25, 0.3) is 0 Å². The summed E-state index contributed by atoms with van der Waals surface area (Å²) in [6, 6.07) is 8.10. The molecule has 0 atom stereocenters. The van der Waals surface area contributed by atoms with Gasteiger partial charge in [-0.15, -0.1) is 0 Å². The van der Waals surface area contributed by atoms with Crippen LogP contribution in [0.4, 0.5) is 0 Å². The minimum Gasteiger partial charge on any atom is -0.261 e. The molecular formula is C48H86N8UVW. The summed E-state index contributed by atoms with van der Waals surface area (Å²) in [4.78, 5) is 24.9. The van der Waals surface area contributed by atoms with Crippen LogP contribution in [0.3, 0.4) is 0 Å². The fourth-order valence-corrected chi connectivity index (χ4v) is 3.41. The fourth-order valence-electron chi connectivity index (χ4n) is 3.41. The standard InChI is InChI=1S/C8H12N2.2C8H11N.2C6H8N2.C4H10.4C2H6.U.V.W.H2/c1-5-6(2)9-8(4)10-7(5)3;1-6-4-5-9-8(3)7(6)2;1-6-4-5-7(2)9-8(6)3;1-5-6(2)8-4-3-7-5;1-5-3-4-7-8-6(5)2;1-3-4-2;4*1-2;;;;/h1-4H3;2*4-5H,1-3H3;2*3-4H,1-2H3;3-4H2,1-2H3;4*1-2H3;;;;1H/i;;;;;;;;;;;;;1+2. The first-order chi connectivity index (χ1) is 26.5. The third kappa shape index (κ3) is 39.7. The van der Waals surface area contributed by atoms with Gasteiger partial charge in [0.15, 0.2) is 0 Å². The Morgan fingerprint density at radius 1 is 0.407 bits per heavy atom. The zero-order valence-electron chi connectivity index (χ0n) is 42.0. The van der Waals surface area contributed by atoms with Crippen molar-refractivity contribution in [1.29, 1.82) is 0 Å². The molecule has 0 N–H and O–H groups in total. The number of rotatable bonds is 1. The summed E-state index contributed by atoms with van der Waals surface area (Å²) in [5.41, 5.74) is 14.8. The minimum atomic E-state index is 0. The molecule has 0 spiro atoms. The van der Waals surface area contributed by atoms with Crippen LogP contribution in [0.1, 0.15) is 163 Å². The van der Waals surface area contributed by atoms with E-state index in [9.17, 15) is 0 Å². The van der Waals surface area contributed by atoms with Crippen LogP contribution in [0.2, 0.25) is 0 Å². The van der Waals surface area contributed by atoms with Crippen LogP contribution in [-0.2, 0) is 39.6 Å². The largest absolute Gasteiger partial charge is 0.261 e. The van der Waals surface area contributed by atoms with Crippen molar-refractivity contribution in [3.63, 3.8) is 0 Å². The number of unbranched alkanes of at least 4 members (excludes halogenated alkanes) is 1. The van der Waals surface area contributed by atoms with Gasteiger partial charge in [-0.05, 0) is 143 Å². The Labute approximate surface area is 416 Å². The summed E-state index contributed by atoms with van der Waals surface area (Å²) in [6.07, 6.45) is 9.57. The predicted molar refractivity (Wildman–Crippen MR) is 249 cm³/mol. The molecular weight excluding hydrogens is 1160 g/mol. The number of pyridine rings is 2. The Bertz CT molecular complexity index is 1550. The summed E-state index contributed by atoms with van der Waals surface area (Å²) in [5.74, 6) is 0.862.